The van der Waals surface area contributed by atoms with Crippen LogP contribution in [0.5, 0.6) is 0 Å². The Balaban J connectivity index is 1.34. The maximum absolute atomic E-state index is 13.2. The standard InChI is InChI=1S/C29H30N4O3S/c1-2-37(35,36)25-15-13-22(14-16-25)19-30-29(34)32-20-26(23-9-5-3-6-10-23)27(21-32)28-17-18-31-33(28)24-11-7-4-8-12-24/h3-18,26-27H,2,19-21H2,1H3,(H,30,34). The minimum Gasteiger partial charge on any atom is -0.334 e. The molecule has 5 rings (SSSR count). The number of urea groups is 1. The first-order valence-corrected chi connectivity index (χ1v) is 14.1. The van der Waals surface area contributed by atoms with Gasteiger partial charge in [-0.15, -0.1) is 0 Å². The van der Waals surface area contributed by atoms with Gasteiger partial charge in [0.15, 0.2) is 9.84 Å². The SMILES string of the molecule is CCS(=O)(=O)c1ccc(CNC(=O)N2CC(c3ccccc3)C(c3ccnn3-c3ccccc3)C2)cc1. The van der Waals surface area contributed by atoms with Crippen LogP contribution >= 0.6 is 0 Å². The van der Waals surface area contributed by atoms with E-state index in [2.05, 4.69) is 22.5 Å². The maximum Gasteiger partial charge on any atom is 0.317 e. The van der Waals surface area contributed by atoms with Crippen LogP contribution in [-0.2, 0) is 16.4 Å². The van der Waals surface area contributed by atoms with E-state index < -0.39 is 9.84 Å². The molecule has 37 heavy (non-hydrogen) atoms. The number of nitrogens with zero attached hydrogens (tertiary/aromatic N) is 3. The second kappa shape index (κ2) is 10.6. The molecule has 1 N–H and O–H groups in total. The minimum atomic E-state index is -3.25. The number of hydrogen-bond acceptors (Lipinski definition) is 4. The van der Waals surface area contributed by atoms with Gasteiger partial charge in [0, 0.05) is 43.4 Å². The molecule has 0 aliphatic carbocycles. The molecule has 0 bridgehead atoms. The summed E-state index contributed by atoms with van der Waals surface area (Å²) in [6.07, 6.45) is 1.82. The van der Waals surface area contributed by atoms with Crippen molar-refractivity contribution in [3.8, 4) is 5.69 Å². The molecule has 0 radical (unpaired) electrons. The van der Waals surface area contributed by atoms with Gasteiger partial charge in [0.1, 0.15) is 0 Å². The monoisotopic (exact) mass is 514 g/mol. The summed E-state index contributed by atoms with van der Waals surface area (Å²) in [7, 11) is -3.25. The third-order valence-corrected chi connectivity index (χ3v) is 8.74. The lowest BCUT2D eigenvalue weighted by Gasteiger charge is -2.20. The Hall–Kier alpha value is -3.91. The number of likely N-dealkylation sites (tertiary alicyclic amines) is 1. The van der Waals surface area contributed by atoms with Gasteiger partial charge >= 0.3 is 6.03 Å². The zero-order valence-electron chi connectivity index (χ0n) is 20.7. The van der Waals surface area contributed by atoms with E-state index >= 15 is 0 Å². The Bertz CT molecular complexity index is 1450. The molecule has 3 aromatic carbocycles. The molecule has 1 saturated heterocycles. The number of aromatic nitrogens is 2. The first-order chi connectivity index (χ1) is 18.0. The van der Waals surface area contributed by atoms with Crippen molar-refractivity contribution in [1.29, 1.82) is 0 Å². The predicted octanol–water partition coefficient (Wildman–Crippen LogP) is 4.76. The molecular formula is C29H30N4O3S. The van der Waals surface area contributed by atoms with Crippen LogP contribution in [0, 0.1) is 0 Å². The van der Waals surface area contributed by atoms with Gasteiger partial charge in [-0.3, -0.25) is 0 Å². The van der Waals surface area contributed by atoms with Crippen LogP contribution < -0.4 is 5.32 Å². The summed E-state index contributed by atoms with van der Waals surface area (Å²) in [5, 5.41) is 7.60. The van der Waals surface area contributed by atoms with Crippen LogP contribution in [0.25, 0.3) is 5.69 Å². The summed E-state index contributed by atoms with van der Waals surface area (Å²) < 4.78 is 26.1. The van der Waals surface area contributed by atoms with Crippen molar-refractivity contribution >= 4 is 15.9 Å². The molecule has 4 aromatic rings. The number of para-hydroxylation sites is 1. The number of sulfone groups is 1. The van der Waals surface area contributed by atoms with Gasteiger partial charge in [0.05, 0.1) is 16.3 Å². The molecule has 8 heteroatoms. The molecule has 7 nitrogen and oxygen atoms in total. The Morgan fingerprint density at radius 3 is 2.22 bits per heavy atom. The average molecular weight is 515 g/mol. The van der Waals surface area contributed by atoms with Gasteiger partial charge in [-0.25, -0.2) is 17.9 Å². The van der Waals surface area contributed by atoms with Crippen LogP contribution in [0.15, 0.2) is 102 Å². The number of nitrogens with one attached hydrogen (secondary N) is 1. The lowest BCUT2D eigenvalue weighted by molar-refractivity contribution is 0.207. The van der Waals surface area contributed by atoms with E-state index in [-0.39, 0.29) is 23.6 Å². The fourth-order valence-electron chi connectivity index (χ4n) is 4.96. The molecule has 2 unspecified atom stereocenters. The van der Waals surface area contributed by atoms with Gasteiger partial charge in [-0.05, 0) is 41.5 Å². The van der Waals surface area contributed by atoms with Crippen LogP contribution in [0.2, 0.25) is 0 Å². The van der Waals surface area contributed by atoms with E-state index in [0.717, 1.165) is 16.9 Å². The van der Waals surface area contributed by atoms with Crippen molar-refractivity contribution in [2.75, 3.05) is 18.8 Å². The van der Waals surface area contributed by atoms with Crippen molar-refractivity contribution in [1.82, 2.24) is 20.0 Å². The van der Waals surface area contributed by atoms with Gasteiger partial charge < -0.3 is 10.2 Å². The summed E-state index contributed by atoms with van der Waals surface area (Å²) in [6, 6.07) is 28.9. The smallest absolute Gasteiger partial charge is 0.317 e. The third kappa shape index (κ3) is 5.29. The molecule has 0 saturated carbocycles. The molecule has 1 aliphatic rings. The van der Waals surface area contributed by atoms with E-state index in [1.54, 1.807) is 31.2 Å². The predicted molar refractivity (Wildman–Crippen MR) is 143 cm³/mol. The fraction of sp³-hybridized carbons (Fsp3) is 0.241. The highest BCUT2D eigenvalue weighted by atomic mass is 32.2. The Morgan fingerprint density at radius 2 is 1.54 bits per heavy atom. The molecule has 2 heterocycles. The van der Waals surface area contributed by atoms with E-state index in [1.165, 1.54) is 5.56 Å². The van der Waals surface area contributed by atoms with Crippen molar-refractivity contribution < 1.29 is 13.2 Å². The van der Waals surface area contributed by atoms with Crippen molar-refractivity contribution in [2.45, 2.75) is 30.2 Å². The minimum absolute atomic E-state index is 0.0605. The number of carbonyl (C=O) groups is 1. The largest absolute Gasteiger partial charge is 0.334 e. The number of benzene rings is 3. The first kappa shape index (κ1) is 24.8. The van der Waals surface area contributed by atoms with E-state index in [4.69, 9.17) is 0 Å². The molecule has 1 fully saturated rings. The molecule has 0 spiro atoms. The second-order valence-corrected chi connectivity index (χ2v) is 11.5. The maximum atomic E-state index is 13.2. The van der Waals surface area contributed by atoms with E-state index in [9.17, 15) is 13.2 Å². The van der Waals surface area contributed by atoms with Crippen LogP contribution in [-0.4, -0.2) is 48.0 Å². The molecule has 1 aromatic heterocycles. The van der Waals surface area contributed by atoms with E-state index in [0.29, 0.717) is 24.5 Å². The van der Waals surface area contributed by atoms with Gasteiger partial charge in [-0.1, -0.05) is 67.6 Å². The van der Waals surface area contributed by atoms with Crippen LogP contribution in [0.1, 0.15) is 35.6 Å². The van der Waals surface area contributed by atoms with Crippen molar-refractivity contribution in [3.63, 3.8) is 0 Å². The van der Waals surface area contributed by atoms with E-state index in [1.807, 2.05) is 70.4 Å². The Kier molecular flexibility index (Phi) is 7.10. The number of carbonyl (C=O) groups excluding carboxylic acids is 1. The lowest BCUT2D eigenvalue weighted by atomic mass is 9.86. The first-order valence-electron chi connectivity index (χ1n) is 12.4. The van der Waals surface area contributed by atoms with Gasteiger partial charge in [-0.2, -0.15) is 5.10 Å². The highest BCUT2D eigenvalue weighted by Crippen LogP contribution is 2.40. The van der Waals surface area contributed by atoms with Crippen LogP contribution in [0.3, 0.4) is 0 Å². The molecule has 2 atom stereocenters. The van der Waals surface area contributed by atoms with Crippen molar-refractivity contribution in [2.24, 2.45) is 0 Å². The third-order valence-electron chi connectivity index (χ3n) is 6.99. The van der Waals surface area contributed by atoms with Crippen molar-refractivity contribution in [3.05, 3.63) is 114 Å². The number of hydrogen-bond donors (Lipinski definition) is 1. The topological polar surface area (TPSA) is 84.3 Å². The zero-order chi connectivity index (χ0) is 25.8. The highest BCUT2D eigenvalue weighted by molar-refractivity contribution is 7.91. The highest BCUT2D eigenvalue weighted by Gasteiger charge is 2.38. The Labute approximate surface area is 217 Å². The second-order valence-electron chi connectivity index (χ2n) is 9.24. The van der Waals surface area contributed by atoms with Crippen LogP contribution in [0.4, 0.5) is 4.79 Å². The zero-order valence-corrected chi connectivity index (χ0v) is 21.5. The fourth-order valence-corrected chi connectivity index (χ4v) is 5.84. The molecule has 190 valence electrons. The summed E-state index contributed by atoms with van der Waals surface area (Å²) >= 11 is 0. The summed E-state index contributed by atoms with van der Waals surface area (Å²) in [5.41, 5.74) is 4.10. The lowest BCUT2D eigenvalue weighted by Crippen LogP contribution is -2.38. The molecular weight excluding hydrogens is 484 g/mol. The summed E-state index contributed by atoms with van der Waals surface area (Å²) in [6.45, 7) is 3.11. The average Bonchev–Trinajstić information content (AvgIpc) is 3.61. The summed E-state index contributed by atoms with van der Waals surface area (Å²) in [4.78, 5) is 15.4. The number of rotatable bonds is 7. The quantitative estimate of drug-likeness (QED) is 0.385. The number of amides is 2. The molecule has 2 amide bonds. The normalized spacial score (nSPS) is 17.6. The summed E-state index contributed by atoms with van der Waals surface area (Å²) in [5.74, 6) is 0.268. The molecule has 1 aliphatic heterocycles. The van der Waals surface area contributed by atoms with Gasteiger partial charge in [0.2, 0.25) is 0 Å². The Morgan fingerprint density at radius 1 is 0.892 bits per heavy atom. The van der Waals surface area contributed by atoms with Gasteiger partial charge in [0.25, 0.3) is 0 Å².